The first kappa shape index (κ1) is 21.9. The molecule has 0 amide bonds. The Bertz CT molecular complexity index is 757. The van der Waals surface area contributed by atoms with E-state index in [9.17, 15) is 5.11 Å². The molecule has 1 N–H and O–H groups in total. The minimum Gasteiger partial charge on any atom is -0.467 e. The lowest BCUT2D eigenvalue weighted by molar-refractivity contribution is 0.0500. The zero-order valence-electron chi connectivity index (χ0n) is 17.4. The lowest BCUT2D eigenvalue weighted by atomic mass is 9.93. The number of hydrogen-bond donors (Lipinski definition) is 1. The average Bonchev–Trinajstić information content (AvgIpc) is 2.62. The summed E-state index contributed by atoms with van der Waals surface area (Å²) in [4.78, 5) is 0. The summed E-state index contributed by atoms with van der Waals surface area (Å²) >= 11 is 0. The number of ether oxygens (including phenoxy) is 2. The first-order valence-corrected chi connectivity index (χ1v) is 10.6. The summed E-state index contributed by atoms with van der Waals surface area (Å²) < 4.78 is 11.0. The molecule has 0 heterocycles. The third-order valence-corrected chi connectivity index (χ3v) is 6.68. The van der Waals surface area contributed by atoms with Crippen molar-refractivity contribution >= 4 is 13.9 Å². The molecule has 2 aromatic rings. The molecule has 0 bridgehead atoms. The predicted octanol–water partition coefficient (Wildman–Crippen LogP) is 5.36. The van der Waals surface area contributed by atoms with Crippen LogP contribution in [-0.2, 0) is 9.89 Å². The molecule has 2 rings (SSSR count). The van der Waals surface area contributed by atoms with Crippen LogP contribution in [0.5, 0.6) is 5.75 Å². The molecular formula is C23H33O3P. The van der Waals surface area contributed by atoms with Crippen LogP contribution < -0.4 is 10.0 Å². The van der Waals surface area contributed by atoms with Gasteiger partial charge in [-0.1, -0.05) is 70.3 Å². The van der Waals surface area contributed by atoms with E-state index in [0.29, 0.717) is 8.58 Å². The quantitative estimate of drug-likeness (QED) is 0.464. The molecule has 148 valence electrons. The number of rotatable bonds is 9. The third kappa shape index (κ3) is 5.54. The molecule has 2 aromatic carbocycles. The number of aliphatic hydroxyl groups excluding tert-OH is 1. The number of hydrogen-bond acceptors (Lipinski definition) is 3. The second-order valence-corrected chi connectivity index (χ2v) is 9.42. The fraction of sp³-hybridized carbons (Fsp3) is 0.478. The minimum atomic E-state index is -0.472. The van der Waals surface area contributed by atoms with Gasteiger partial charge in [-0.3, -0.25) is 0 Å². The van der Waals surface area contributed by atoms with Crippen molar-refractivity contribution in [2.45, 2.75) is 58.7 Å². The molecule has 4 heteroatoms. The number of benzene rings is 2. The average molecular weight is 388 g/mol. The zero-order valence-corrected chi connectivity index (χ0v) is 18.4. The van der Waals surface area contributed by atoms with Gasteiger partial charge in [-0.25, -0.2) is 0 Å². The molecule has 0 saturated carbocycles. The highest BCUT2D eigenvalue weighted by Crippen LogP contribution is 2.49. The van der Waals surface area contributed by atoms with Crippen LogP contribution in [0, 0.1) is 13.8 Å². The first-order chi connectivity index (χ1) is 12.8. The van der Waals surface area contributed by atoms with Crippen LogP contribution in [-0.4, -0.2) is 19.0 Å². The van der Waals surface area contributed by atoms with Gasteiger partial charge in [0.2, 0.25) is 0 Å². The van der Waals surface area contributed by atoms with Gasteiger partial charge in [0.05, 0.1) is 6.10 Å². The smallest absolute Gasteiger partial charge is 0.188 e. The van der Waals surface area contributed by atoms with Crippen LogP contribution in [0.3, 0.4) is 0 Å². The van der Waals surface area contributed by atoms with Gasteiger partial charge in [-0.2, -0.15) is 0 Å². The van der Waals surface area contributed by atoms with E-state index < -0.39 is 6.10 Å². The van der Waals surface area contributed by atoms with Crippen molar-refractivity contribution in [1.29, 1.82) is 0 Å². The third-order valence-electron chi connectivity index (χ3n) is 4.88. The maximum absolute atomic E-state index is 10.3. The number of aliphatic hydroxyl groups is 1. The summed E-state index contributed by atoms with van der Waals surface area (Å²) in [5, 5.41) is 11.5. The van der Waals surface area contributed by atoms with E-state index in [4.69, 9.17) is 9.47 Å². The second-order valence-electron chi connectivity index (χ2n) is 7.52. The normalized spacial score (nSPS) is 15.1. The zero-order chi connectivity index (χ0) is 20.0. The lowest BCUT2D eigenvalue weighted by Crippen LogP contribution is -2.23. The summed E-state index contributed by atoms with van der Waals surface area (Å²) in [7, 11) is 2.18. The van der Waals surface area contributed by atoms with E-state index in [1.54, 1.807) is 7.11 Å². The topological polar surface area (TPSA) is 38.7 Å². The molecule has 0 saturated heterocycles. The Morgan fingerprint density at radius 3 is 2.41 bits per heavy atom. The number of aryl methyl sites for hydroxylation is 2. The van der Waals surface area contributed by atoms with E-state index >= 15 is 0 Å². The van der Waals surface area contributed by atoms with Gasteiger partial charge >= 0.3 is 0 Å². The highest BCUT2D eigenvalue weighted by Gasteiger charge is 2.31. The maximum atomic E-state index is 10.3. The van der Waals surface area contributed by atoms with Crippen LogP contribution >= 0.6 is 8.58 Å². The Morgan fingerprint density at radius 2 is 1.78 bits per heavy atom. The molecule has 0 spiro atoms. The Kier molecular flexibility index (Phi) is 7.85. The first-order valence-electron chi connectivity index (χ1n) is 9.60. The van der Waals surface area contributed by atoms with E-state index in [1.807, 2.05) is 13.0 Å². The van der Waals surface area contributed by atoms with Crippen LogP contribution in [0.4, 0.5) is 0 Å². The Labute approximate surface area is 165 Å². The van der Waals surface area contributed by atoms with Crippen molar-refractivity contribution in [2.24, 2.45) is 0 Å². The van der Waals surface area contributed by atoms with Crippen molar-refractivity contribution in [1.82, 2.24) is 0 Å². The number of methoxy groups -OCH3 is 1. The van der Waals surface area contributed by atoms with Gasteiger partial charge < -0.3 is 14.6 Å². The summed E-state index contributed by atoms with van der Waals surface area (Å²) in [5.74, 6) is 0.886. The van der Waals surface area contributed by atoms with Crippen molar-refractivity contribution in [2.75, 3.05) is 13.9 Å². The minimum absolute atomic E-state index is 0.0667. The summed E-state index contributed by atoms with van der Waals surface area (Å²) in [5.41, 5.74) is 4.65. The molecule has 0 aliphatic heterocycles. The van der Waals surface area contributed by atoms with Gasteiger partial charge in [0.1, 0.15) is 5.75 Å². The largest absolute Gasteiger partial charge is 0.467 e. The Balaban J connectivity index is 2.51. The monoisotopic (exact) mass is 388 g/mol. The molecule has 0 aliphatic rings. The van der Waals surface area contributed by atoms with Gasteiger partial charge in [-0.15, -0.1) is 0 Å². The van der Waals surface area contributed by atoms with E-state index in [-0.39, 0.29) is 11.9 Å². The van der Waals surface area contributed by atoms with E-state index in [1.165, 1.54) is 22.0 Å². The summed E-state index contributed by atoms with van der Waals surface area (Å²) in [6, 6.07) is 12.8. The predicted molar refractivity (Wildman–Crippen MR) is 116 cm³/mol. The summed E-state index contributed by atoms with van der Waals surface area (Å²) in [6.07, 6.45) is 1.66. The highest BCUT2D eigenvalue weighted by atomic mass is 31.1. The molecule has 3 nitrogen and oxygen atoms in total. The fourth-order valence-electron chi connectivity index (χ4n) is 3.53. The van der Waals surface area contributed by atoms with E-state index in [2.05, 4.69) is 58.0 Å². The lowest BCUT2D eigenvalue weighted by Gasteiger charge is -2.33. The second kappa shape index (κ2) is 9.68. The SMILES string of the molecule is CCCC(C)(Pc1ccc(C)cc1C(C)O)c1cc(C)ccc1OCOC. The van der Waals surface area contributed by atoms with E-state index in [0.717, 1.165) is 24.2 Å². The molecule has 3 atom stereocenters. The van der Waals surface area contributed by atoms with Crippen molar-refractivity contribution in [3.63, 3.8) is 0 Å². The van der Waals surface area contributed by atoms with Crippen molar-refractivity contribution in [3.8, 4) is 5.75 Å². The fourth-order valence-corrected chi connectivity index (χ4v) is 5.42. The molecular weight excluding hydrogens is 355 g/mol. The molecule has 3 unspecified atom stereocenters. The standard InChI is InChI=1S/C23H33O3P/c1-7-12-23(5,20-14-17(3)8-10-21(20)26-15-25-6)27-22-11-9-16(2)13-19(22)18(4)24/h8-11,13-14,18,24,27H,7,12,15H2,1-6H3. The Morgan fingerprint density at radius 1 is 1.11 bits per heavy atom. The van der Waals surface area contributed by atoms with Gasteiger partial charge in [0.15, 0.2) is 6.79 Å². The molecule has 0 aromatic heterocycles. The van der Waals surface area contributed by atoms with Gasteiger partial charge in [0.25, 0.3) is 0 Å². The molecule has 0 fully saturated rings. The summed E-state index contributed by atoms with van der Waals surface area (Å²) in [6.45, 7) is 10.8. The Hall–Kier alpha value is -1.41. The van der Waals surface area contributed by atoms with Crippen LogP contribution in [0.1, 0.15) is 62.0 Å². The van der Waals surface area contributed by atoms with Gasteiger partial charge in [0, 0.05) is 17.8 Å². The molecule has 27 heavy (non-hydrogen) atoms. The van der Waals surface area contributed by atoms with Crippen molar-refractivity contribution < 1.29 is 14.6 Å². The van der Waals surface area contributed by atoms with Crippen LogP contribution in [0.25, 0.3) is 0 Å². The van der Waals surface area contributed by atoms with Gasteiger partial charge in [-0.05, 0) is 44.1 Å². The maximum Gasteiger partial charge on any atom is 0.188 e. The highest BCUT2D eigenvalue weighted by molar-refractivity contribution is 7.48. The van der Waals surface area contributed by atoms with Crippen LogP contribution in [0.15, 0.2) is 36.4 Å². The van der Waals surface area contributed by atoms with Crippen LogP contribution in [0.2, 0.25) is 0 Å². The molecule has 0 aliphatic carbocycles. The molecule has 0 radical (unpaired) electrons. The van der Waals surface area contributed by atoms with Crippen molar-refractivity contribution in [3.05, 3.63) is 58.7 Å².